The number of carbonyl (C=O) groups excluding carboxylic acids is 1. The molecule has 1 atom stereocenters. The largest absolute Gasteiger partial charge is 0.487 e. The predicted molar refractivity (Wildman–Crippen MR) is 57.1 cm³/mol. The summed E-state index contributed by atoms with van der Waals surface area (Å²) in [5.41, 5.74) is -0.159. The quantitative estimate of drug-likeness (QED) is 0.838. The zero-order valence-electron chi connectivity index (χ0n) is 9.18. The van der Waals surface area contributed by atoms with Crippen molar-refractivity contribution in [2.24, 2.45) is 0 Å². The number of halogens is 1. The normalized spacial score (nSPS) is 18.1. The summed E-state index contributed by atoms with van der Waals surface area (Å²) in [7, 11) is 0. The number of alkyl carbamates (subject to hydrolysis) is 1. The van der Waals surface area contributed by atoms with Crippen molar-refractivity contribution < 1.29 is 28.6 Å². The Kier molecular flexibility index (Phi) is 3.31. The molecule has 0 bridgehead atoms. The third-order valence-electron chi connectivity index (χ3n) is 2.35. The van der Waals surface area contributed by atoms with Crippen LogP contribution in [-0.4, -0.2) is 36.4 Å². The van der Waals surface area contributed by atoms with Crippen LogP contribution in [0.25, 0.3) is 0 Å². The van der Waals surface area contributed by atoms with E-state index in [1.807, 2.05) is 0 Å². The van der Waals surface area contributed by atoms with Gasteiger partial charge in [-0.05, 0) is 18.2 Å². The van der Waals surface area contributed by atoms with Crippen LogP contribution in [0.15, 0.2) is 18.2 Å². The van der Waals surface area contributed by atoms with Gasteiger partial charge < -0.3 is 19.9 Å². The van der Waals surface area contributed by atoms with Gasteiger partial charge in [-0.25, -0.2) is 14.0 Å². The Morgan fingerprint density at radius 1 is 1.61 bits per heavy atom. The lowest BCUT2D eigenvalue weighted by Gasteiger charge is -2.11. The number of benzene rings is 1. The molecule has 1 heterocycles. The summed E-state index contributed by atoms with van der Waals surface area (Å²) in [4.78, 5) is 21.3. The fourth-order valence-corrected chi connectivity index (χ4v) is 1.46. The van der Waals surface area contributed by atoms with Gasteiger partial charge >= 0.3 is 12.1 Å². The third-order valence-corrected chi connectivity index (χ3v) is 2.35. The maximum absolute atomic E-state index is 13.4. The van der Waals surface area contributed by atoms with E-state index in [0.717, 1.165) is 6.07 Å². The van der Waals surface area contributed by atoms with Crippen molar-refractivity contribution in [2.75, 3.05) is 13.2 Å². The fourth-order valence-electron chi connectivity index (χ4n) is 1.46. The predicted octanol–water partition coefficient (Wildman–Crippen LogP) is 1.01. The molecule has 6 nitrogen and oxygen atoms in total. The van der Waals surface area contributed by atoms with E-state index >= 15 is 0 Å². The van der Waals surface area contributed by atoms with Crippen LogP contribution in [0.3, 0.4) is 0 Å². The Labute approximate surface area is 101 Å². The van der Waals surface area contributed by atoms with Crippen molar-refractivity contribution >= 4 is 12.1 Å². The molecule has 96 valence electrons. The molecule has 1 amide bonds. The molecule has 0 aromatic heterocycles. The number of amides is 1. The highest BCUT2D eigenvalue weighted by Crippen LogP contribution is 2.19. The van der Waals surface area contributed by atoms with E-state index in [2.05, 4.69) is 5.32 Å². The molecular formula is C11H10FNO5. The zero-order chi connectivity index (χ0) is 13.1. The van der Waals surface area contributed by atoms with Crippen molar-refractivity contribution in [3.05, 3.63) is 29.6 Å². The summed E-state index contributed by atoms with van der Waals surface area (Å²) in [6, 6.07) is 3.33. The minimum atomic E-state index is -1.21. The molecule has 1 saturated heterocycles. The highest BCUT2D eigenvalue weighted by molar-refractivity contribution is 5.87. The van der Waals surface area contributed by atoms with E-state index in [4.69, 9.17) is 14.6 Å². The molecule has 0 spiro atoms. The van der Waals surface area contributed by atoms with E-state index in [1.54, 1.807) is 0 Å². The molecule has 18 heavy (non-hydrogen) atoms. The van der Waals surface area contributed by atoms with Crippen LogP contribution in [0.4, 0.5) is 9.18 Å². The lowest BCUT2D eigenvalue weighted by atomic mass is 10.2. The van der Waals surface area contributed by atoms with Crippen molar-refractivity contribution in [2.45, 2.75) is 6.10 Å². The minimum absolute atomic E-state index is 0.00206. The molecule has 1 unspecified atom stereocenters. The van der Waals surface area contributed by atoms with Gasteiger partial charge in [-0.2, -0.15) is 0 Å². The maximum atomic E-state index is 13.4. The number of ether oxygens (including phenoxy) is 2. The average molecular weight is 255 g/mol. The van der Waals surface area contributed by atoms with Crippen LogP contribution in [0.5, 0.6) is 5.75 Å². The Hall–Kier alpha value is -2.31. The Morgan fingerprint density at radius 2 is 2.39 bits per heavy atom. The molecule has 1 aliphatic rings. The number of carbonyl (C=O) groups is 2. The Balaban J connectivity index is 1.97. The van der Waals surface area contributed by atoms with Gasteiger partial charge in [-0.3, -0.25) is 0 Å². The molecule has 0 saturated carbocycles. The van der Waals surface area contributed by atoms with Gasteiger partial charge in [0.05, 0.1) is 12.1 Å². The number of hydrogen-bond acceptors (Lipinski definition) is 4. The number of aromatic carboxylic acids is 1. The molecule has 1 aromatic carbocycles. The smallest absolute Gasteiger partial charge is 0.407 e. The summed E-state index contributed by atoms with van der Waals surface area (Å²) in [5, 5.41) is 11.1. The number of rotatable bonds is 4. The molecule has 0 radical (unpaired) electrons. The van der Waals surface area contributed by atoms with Gasteiger partial charge in [0.15, 0.2) is 17.7 Å². The Morgan fingerprint density at radius 3 is 2.94 bits per heavy atom. The van der Waals surface area contributed by atoms with Gasteiger partial charge in [0, 0.05) is 0 Å². The second-order valence-corrected chi connectivity index (χ2v) is 3.67. The molecule has 2 rings (SSSR count). The lowest BCUT2D eigenvalue weighted by Crippen LogP contribution is -2.22. The summed E-state index contributed by atoms with van der Waals surface area (Å²) >= 11 is 0. The van der Waals surface area contributed by atoms with E-state index in [0.29, 0.717) is 6.54 Å². The lowest BCUT2D eigenvalue weighted by molar-refractivity contribution is 0.0695. The van der Waals surface area contributed by atoms with Crippen molar-refractivity contribution in [1.29, 1.82) is 0 Å². The number of nitrogens with one attached hydrogen (secondary N) is 1. The molecule has 1 fully saturated rings. The number of carboxylic acids is 1. The highest BCUT2D eigenvalue weighted by atomic mass is 19.1. The maximum Gasteiger partial charge on any atom is 0.407 e. The van der Waals surface area contributed by atoms with Gasteiger partial charge in [-0.1, -0.05) is 0 Å². The summed E-state index contributed by atoms with van der Waals surface area (Å²) < 4.78 is 23.4. The number of hydrogen-bond donors (Lipinski definition) is 2. The summed E-state index contributed by atoms with van der Waals surface area (Å²) in [6.45, 7) is 0.301. The highest BCUT2D eigenvalue weighted by Gasteiger charge is 2.23. The molecule has 7 heteroatoms. The summed E-state index contributed by atoms with van der Waals surface area (Å²) in [5.74, 6) is -2.07. The van der Waals surface area contributed by atoms with Gasteiger partial charge in [0.2, 0.25) is 0 Å². The second-order valence-electron chi connectivity index (χ2n) is 3.67. The van der Waals surface area contributed by atoms with E-state index < -0.39 is 24.0 Å². The molecule has 2 N–H and O–H groups in total. The topological polar surface area (TPSA) is 84.9 Å². The zero-order valence-corrected chi connectivity index (χ0v) is 9.18. The van der Waals surface area contributed by atoms with Crippen molar-refractivity contribution in [3.8, 4) is 5.75 Å². The molecule has 1 aromatic rings. The monoisotopic (exact) mass is 255 g/mol. The van der Waals surface area contributed by atoms with Gasteiger partial charge in [0.1, 0.15) is 6.61 Å². The van der Waals surface area contributed by atoms with Crippen LogP contribution >= 0.6 is 0 Å². The second kappa shape index (κ2) is 4.91. The SMILES string of the molecule is O=C1NCC(COc2ccc(C(=O)O)cc2F)O1. The van der Waals surface area contributed by atoms with Crippen LogP contribution in [0.1, 0.15) is 10.4 Å². The standard InChI is InChI=1S/C11H10FNO5/c12-8-3-6(10(14)15)1-2-9(8)17-5-7-4-13-11(16)18-7/h1-3,7H,4-5H2,(H,13,16)(H,14,15). The van der Waals surface area contributed by atoms with Crippen LogP contribution in [0, 0.1) is 5.82 Å². The van der Waals surface area contributed by atoms with E-state index in [1.165, 1.54) is 12.1 Å². The molecule has 1 aliphatic heterocycles. The van der Waals surface area contributed by atoms with Gasteiger partial charge in [0.25, 0.3) is 0 Å². The van der Waals surface area contributed by atoms with Gasteiger partial charge in [-0.15, -0.1) is 0 Å². The number of carboxylic acid groups (broad SMARTS) is 1. The van der Waals surface area contributed by atoms with Crippen molar-refractivity contribution in [1.82, 2.24) is 5.32 Å². The average Bonchev–Trinajstić information content (AvgIpc) is 2.73. The fraction of sp³-hybridized carbons (Fsp3) is 0.273. The Bertz CT molecular complexity index is 490. The number of cyclic esters (lactones) is 1. The van der Waals surface area contributed by atoms with Crippen molar-refractivity contribution in [3.63, 3.8) is 0 Å². The van der Waals surface area contributed by atoms with E-state index in [9.17, 15) is 14.0 Å². The first-order chi connectivity index (χ1) is 8.56. The van der Waals surface area contributed by atoms with Crippen LogP contribution < -0.4 is 10.1 Å². The molecule has 0 aliphatic carbocycles. The molecular weight excluding hydrogens is 245 g/mol. The first kappa shape index (κ1) is 12.2. The van der Waals surface area contributed by atoms with Crippen LogP contribution in [-0.2, 0) is 4.74 Å². The van der Waals surface area contributed by atoms with E-state index in [-0.39, 0.29) is 17.9 Å². The third kappa shape index (κ3) is 2.68. The first-order valence-corrected chi connectivity index (χ1v) is 5.16. The summed E-state index contributed by atoms with van der Waals surface area (Å²) in [6.07, 6.45) is -1.01. The first-order valence-electron chi connectivity index (χ1n) is 5.16. The minimum Gasteiger partial charge on any atom is -0.487 e. The van der Waals surface area contributed by atoms with Crippen LogP contribution in [0.2, 0.25) is 0 Å².